The molecule has 0 unspecified atom stereocenters. The predicted molar refractivity (Wildman–Crippen MR) is 70.4 cm³/mol. The number of amides is 1. The van der Waals surface area contributed by atoms with Crippen molar-refractivity contribution in [2.75, 3.05) is 26.7 Å². The Morgan fingerprint density at radius 1 is 1.35 bits per heavy atom. The van der Waals surface area contributed by atoms with Gasteiger partial charge in [-0.25, -0.2) is 8.78 Å². The monoisotopic (exact) mass is 284 g/mol. The summed E-state index contributed by atoms with van der Waals surface area (Å²) in [4.78, 5) is 14.2. The zero-order chi connectivity index (χ0) is 14.8. The molecule has 1 fully saturated rings. The number of aliphatic hydroxyl groups excluding tert-OH is 1. The lowest BCUT2D eigenvalue weighted by Crippen LogP contribution is -2.57. The molecule has 0 spiro atoms. The SMILES string of the molecule is CN1CCC(CO)(NC(=O)c2c(F)cccc2F)CC1. The highest BCUT2D eigenvalue weighted by Crippen LogP contribution is 2.22. The Labute approximate surface area is 116 Å². The standard InChI is InChI=1S/C14H18F2N2O2/c1-18-7-5-14(9-19,6-8-18)17-13(20)12-10(15)3-2-4-11(12)16/h2-4,19H,5-9H2,1H3,(H,17,20). The fourth-order valence-electron chi connectivity index (χ4n) is 2.39. The molecule has 1 aromatic rings. The first-order valence-corrected chi connectivity index (χ1v) is 6.53. The number of rotatable bonds is 3. The Morgan fingerprint density at radius 3 is 2.40 bits per heavy atom. The van der Waals surface area contributed by atoms with E-state index in [1.807, 2.05) is 7.05 Å². The molecule has 2 rings (SSSR count). The lowest BCUT2D eigenvalue weighted by molar-refractivity contribution is 0.0657. The molecule has 1 aliphatic heterocycles. The fraction of sp³-hybridized carbons (Fsp3) is 0.500. The minimum Gasteiger partial charge on any atom is -0.394 e. The molecule has 6 heteroatoms. The van der Waals surface area contributed by atoms with Crippen molar-refractivity contribution in [3.8, 4) is 0 Å². The highest BCUT2D eigenvalue weighted by atomic mass is 19.1. The maximum Gasteiger partial charge on any atom is 0.257 e. The third-order valence-electron chi connectivity index (χ3n) is 3.82. The smallest absolute Gasteiger partial charge is 0.257 e. The van der Waals surface area contributed by atoms with Crippen molar-refractivity contribution in [2.45, 2.75) is 18.4 Å². The highest BCUT2D eigenvalue weighted by Gasteiger charge is 2.35. The van der Waals surface area contributed by atoms with Gasteiger partial charge in [-0.15, -0.1) is 0 Å². The summed E-state index contributed by atoms with van der Waals surface area (Å²) in [6, 6.07) is 3.29. The molecule has 110 valence electrons. The maximum absolute atomic E-state index is 13.6. The van der Waals surface area contributed by atoms with E-state index in [0.29, 0.717) is 25.9 Å². The van der Waals surface area contributed by atoms with Crippen molar-refractivity contribution in [1.82, 2.24) is 10.2 Å². The molecule has 1 saturated heterocycles. The number of benzene rings is 1. The van der Waals surface area contributed by atoms with Crippen LogP contribution in [0.4, 0.5) is 8.78 Å². The first-order chi connectivity index (χ1) is 9.47. The Kier molecular flexibility index (Phi) is 4.35. The first-order valence-electron chi connectivity index (χ1n) is 6.53. The second-order valence-electron chi connectivity index (χ2n) is 5.29. The molecule has 1 heterocycles. The molecule has 0 aromatic heterocycles. The summed E-state index contributed by atoms with van der Waals surface area (Å²) in [7, 11) is 1.94. The zero-order valence-electron chi connectivity index (χ0n) is 11.3. The van der Waals surface area contributed by atoms with Gasteiger partial charge in [-0.05, 0) is 32.0 Å². The van der Waals surface area contributed by atoms with E-state index >= 15 is 0 Å². The van der Waals surface area contributed by atoms with Gasteiger partial charge < -0.3 is 15.3 Å². The molecule has 0 radical (unpaired) electrons. The number of nitrogens with one attached hydrogen (secondary N) is 1. The van der Waals surface area contributed by atoms with Gasteiger partial charge in [0.2, 0.25) is 0 Å². The van der Waals surface area contributed by atoms with Crippen LogP contribution in [0.25, 0.3) is 0 Å². The summed E-state index contributed by atoms with van der Waals surface area (Å²) in [6.45, 7) is 1.17. The number of hydrogen-bond donors (Lipinski definition) is 2. The number of aliphatic hydroxyl groups is 1. The highest BCUT2D eigenvalue weighted by molar-refractivity contribution is 5.95. The van der Waals surface area contributed by atoms with E-state index in [-0.39, 0.29) is 6.61 Å². The van der Waals surface area contributed by atoms with E-state index in [1.54, 1.807) is 0 Å². The van der Waals surface area contributed by atoms with Crippen molar-refractivity contribution in [2.24, 2.45) is 0 Å². The van der Waals surface area contributed by atoms with Gasteiger partial charge in [-0.2, -0.15) is 0 Å². The van der Waals surface area contributed by atoms with Gasteiger partial charge in [0, 0.05) is 13.1 Å². The van der Waals surface area contributed by atoms with Crippen molar-refractivity contribution >= 4 is 5.91 Å². The Morgan fingerprint density at radius 2 is 1.90 bits per heavy atom. The van der Waals surface area contributed by atoms with Crippen LogP contribution in [0.2, 0.25) is 0 Å². The van der Waals surface area contributed by atoms with Crippen LogP contribution in [0.5, 0.6) is 0 Å². The molecule has 1 aliphatic rings. The van der Waals surface area contributed by atoms with Gasteiger partial charge in [-0.1, -0.05) is 6.07 Å². The van der Waals surface area contributed by atoms with E-state index in [4.69, 9.17) is 0 Å². The molecular formula is C14H18F2N2O2. The van der Waals surface area contributed by atoms with Crippen molar-refractivity contribution in [1.29, 1.82) is 0 Å². The average molecular weight is 284 g/mol. The normalized spacial score (nSPS) is 18.8. The quantitative estimate of drug-likeness (QED) is 0.875. The van der Waals surface area contributed by atoms with E-state index in [9.17, 15) is 18.7 Å². The van der Waals surface area contributed by atoms with Crippen molar-refractivity contribution < 1.29 is 18.7 Å². The van der Waals surface area contributed by atoms with Gasteiger partial charge in [0.25, 0.3) is 5.91 Å². The number of carbonyl (C=O) groups is 1. The molecule has 4 nitrogen and oxygen atoms in total. The summed E-state index contributed by atoms with van der Waals surface area (Å²) < 4.78 is 27.1. The summed E-state index contributed by atoms with van der Waals surface area (Å²) in [5.41, 5.74) is -1.41. The lowest BCUT2D eigenvalue weighted by atomic mass is 9.88. The number of nitrogens with zero attached hydrogens (tertiary/aromatic N) is 1. The molecule has 1 amide bonds. The third-order valence-corrected chi connectivity index (χ3v) is 3.82. The maximum atomic E-state index is 13.6. The van der Waals surface area contributed by atoms with E-state index in [0.717, 1.165) is 12.1 Å². The van der Waals surface area contributed by atoms with Gasteiger partial charge in [0.05, 0.1) is 12.1 Å². The largest absolute Gasteiger partial charge is 0.394 e. The summed E-state index contributed by atoms with van der Waals surface area (Å²) >= 11 is 0. The number of hydrogen-bond acceptors (Lipinski definition) is 3. The minimum atomic E-state index is -0.900. The van der Waals surface area contributed by atoms with Crippen LogP contribution in [0.15, 0.2) is 18.2 Å². The fourth-order valence-corrected chi connectivity index (χ4v) is 2.39. The predicted octanol–water partition coefficient (Wildman–Crippen LogP) is 1.15. The molecule has 0 saturated carbocycles. The number of piperidine rings is 1. The number of likely N-dealkylation sites (tertiary alicyclic amines) is 1. The average Bonchev–Trinajstić information content (AvgIpc) is 2.41. The van der Waals surface area contributed by atoms with Crippen LogP contribution in [0, 0.1) is 11.6 Å². The Hall–Kier alpha value is -1.53. The molecule has 0 aliphatic carbocycles. The third kappa shape index (κ3) is 2.96. The van der Waals surface area contributed by atoms with Crippen molar-refractivity contribution in [3.05, 3.63) is 35.4 Å². The summed E-state index contributed by atoms with van der Waals surface area (Å²) in [5.74, 6) is -2.62. The molecule has 2 N–H and O–H groups in total. The van der Waals surface area contributed by atoms with Gasteiger partial charge in [0.1, 0.15) is 17.2 Å². The molecular weight excluding hydrogens is 266 g/mol. The van der Waals surface area contributed by atoms with Gasteiger partial charge in [0.15, 0.2) is 0 Å². The lowest BCUT2D eigenvalue weighted by Gasteiger charge is -2.40. The van der Waals surface area contributed by atoms with Gasteiger partial charge >= 0.3 is 0 Å². The second kappa shape index (κ2) is 5.85. The number of halogens is 2. The topological polar surface area (TPSA) is 52.6 Å². The van der Waals surface area contributed by atoms with Crippen LogP contribution >= 0.6 is 0 Å². The summed E-state index contributed by atoms with van der Waals surface area (Å²) in [6.07, 6.45) is 1.09. The van der Waals surface area contributed by atoms with E-state index in [2.05, 4.69) is 10.2 Å². The van der Waals surface area contributed by atoms with Gasteiger partial charge in [-0.3, -0.25) is 4.79 Å². The summed E-state index contributed by atoms with van der Waals surface area (Å²) in [5, 5.41) is 12.1. The zero-order valence-corrected chi connectivity index (χ0v) is 11.3. The van der Waals surface area contributed by atoms with E-state index in [1.165, 1.54) is 6.07 Å². The molecule has 0 bridgehead atoms. The van der Waals surface area contributed by atoms with Crippen LogP contribution in [0.1, 0.15) is 23.2 Å². The first kappa shape index (κ1) is 14.9. The van der Waals surface area contributed by atoms with Crippen LogP contribution < -0.4 is 5.32 Å². The molecule has 20 heavy (non-hydrogen) atoms. The van der Waals surface area contributed by atoms with Crippen LogP contribution in [0.3, 0.4) is 0 Å². The number of carbonyl (C=O) groups excluding carboxylic acids is 1. The second-order valence-corrected chi connectivity index (χ2v) is 5.29. The van der Waals surface area contributed by atoms with E-state index < -0.39 is 28.6 Å². The van der Waals surface area contributed by atoms with Crippen molar-refractivity contribution in [3.63, 3.8) is 0 Å². The minimum absolute atomic E-state index is 0.247. The van der Waals surface area contributed by atoms with Crippen LogP contribution in [-0.2, 0) is 0 Å². The Bertz CT molecular complexity index is 480. The Balaban J connectivity index is 2.18. The molecule has 0 atom stereocenters. The molecule has 1 aromatic carbocycles. The van der Waals surface area contributed by atoms with Crippen LogP contribution in [-0.4, -0.2) is 48.2 Å².